The average Bonchev–Trinajstić information content (AvgIpc) is 3.08. The third-order valence-corrected chi connectivity index (χ3v) is 4.79. The number of H-pyrrole nitrogens is 1. The Balaban J connectivity index is 0.00000180. The maximum atomic E-state index is 4.63. The van der Waals surface area contributed by atoms with Crippen molar-refractivity contribution in [3.63, 3.8) is 0 Å². The molecular formula is C23H18BrN3. The molecule has 0 bridgehead atoms. The van der Waals surface area contributed by atoms with Crippen molar-refractivity contribution in [1.29, 1.82) is 0 Å². The number of aromatic nitrogens is 3. The van der Waals surface area contributed by atoms with Gasteiger partial charge < -0.3 is 22.0 Å². The normalized spacial score (nSPS) is 10.8. The molecule has 3 nitrogen and oxygen atoms in total. The van der Waals surface area contributed by atoms with Crippen molar-refractivity contribution in [2.24, 2.45) is 0 Å². The highest BCUT2D eigenvalue weighted by Gasteiger charge is 2.21. The van der Waals surface area contributed by atoms with Crippen LogP contribution in [0.2, 0.25) is 0 Å². The van der Waals surface area contributed by atoms with Crippen molar-refractivity contribution in [3.05, 3.63) is 96.8 Å². The zero-order valence-electron chi connectivity index (χ0n) is 14.6. The zero-order chi connectivity index (χ0) is 17.3. The van der Waals surface area contributed by atoms with Gasteiger partial charge in [0, 0.05) is 34.1 Å². The Morgan fingerprint density at radius 2 is 1.56 bits per heavy atom. The Morgan fingerprint density at radius 3 is 2.37 bits per heavy atom. The van der Waals surface area contributed by atoms with E-state index in [0.717, 1.165) is 29.0 Å². The molecule has 0 atom stereocenters. The van der Waals surface area contributed by atoms with Crippen LogP contribution in [0, 0.1) is 0 Å². The van der Waals surface area contributed by atoms with Gasteiger partial charge in [0.1, 0.15) is 11.2 Å². The fraction of sp³-hybridized carbons (Fsp3) is 0.0435. The molecule has 0 saturated carbocycles. The molecule has 27 heavy (non-hydrogen) atoms. The summed E-state index contributed by atoms with van der Waals surface area (Å²) in [7, 11) is 0. The number of halogens is 1. The third-order valence-electron chi connectivity index (χ3n) is 4.79. The van der Waals surface area contributed by atoms with E-state index in [1.165, 1.54) is 16.3 Å². The fourth-order valence-electron chi connectivity index (χ4n) is 3.60. The van der Waals surface area contributed by atoms with Crippen molar-refractivity contribution in [1.82, 2.24) is 9.97 Å². The van der Waals surface area contributed by atoms with Gasteiger partial charge in [0.15, 0.2) is 12.7 Å². The van der Waals surface area contributed by atoms with Crippen LogP contribution in [-0.2, 0) is 6.54 Å². The first-order valence-corrected chi connectivity index (χ1v) is 8.78. The number of fused-ring (bicyclic) bond motifs is 3. The number of hydrogen-bond donors (Lipinski definition) is 1. The monoisotopic (exact) mass is 415 g/mol. The summed E-state index contributed by atoms with van der Waals surface area (Å²) in [5.41, 5.74) is 5.63. The number of nitrogens with one attached hydrogen (secondary N) is 1. The summed E-state index contributed by atoms with van der Waals surface area (Å²) < 4.78 is 2.27. The molecular weight excluding hydrogens is 398 g/mol. The largest absolute Gasteiger partial charge is 1.00 e. The smallest absolute Gasteiger partial charge is 0.255 e. The second kappa shape index (κ2) is 7.33. The van der Waals surface area contributed by atoms with Crippen LogP contribution in [-0.4, -0.2) is 9.97 Å². The maximum absolute atomic E-state index is 4.63. The summed E-state index contributed by atoms with van der Waals surface area (Å²) in [6.45, 7) is 0.804. The van der Waals surface area contributed by atoms with Crippen LogP contribution in [0.5, 0.6) is 0 Å². The number of rotatable bonds is 3. The summed E-state index contributed by atoms with van der Waals surface area (Å²) in [6.07, 6.45) is 4.02. The molecule has 0 radical (unpaired) electrons. The lowest BCUT2D eigenvalue weighted by atomic mass is 10.1. The highest BCUT2D eigenvalue weighted by atomic mass is 79.9. The molecule has 5 rings (SSSR count). The molecule has 0 aliphatic rings. The van der Waals surface area contributed by atoms with Gasteiger partial charge in [-0.3, -0.25) is 0 Å². The molecule has 2 aromatic carbocycles. The van der Waals surface area contributed by atoms with Gasteiger partial charge in [-0.25, -0.2) is 4.98 Å². The molecule has 0 spiro atoms. The van der Waals surface area contributed by atoms with Crippen LogP contribution < -0.4 is 21.5 Å². The minimum Gasteiger partial charge on any atom is -1.00 e. The molecule has 132 valence electrons. The van der Waals surface area contributed by atoms with E-state index in [1.807, 2.05) is 18.3 Å². The molecule has 0 unspecified atom stereocenters. The first-order valence-electron chi connectivity index (χ1n) is 8.78. The Kier molecular flexibility index (Phi) is 4.73. The Morgan fingerprint density at radius 1 is 0.778 bits per heavy atom. The van der Waals surface area contributed by atoms with Gasteiger partial charge in [-0.15, -0.1) is 0 Å². The lowest BCUT2D eigenvalue weighted by Crippen LogP contribution is -3.00. The Labute approximate surface area is 168 Å². The minimum atomic E-state index is 0. The van der Waals surface area contributed by atoms with Crippen LogP contribution in [0.4, 0.5) is 0 Å². The molecule has 3 heterocycles. The SMILES string of the molecule is [Br-].c1ccc(C[n+]2ccc3c([nH]c4ccccc43)c2-c2ccccn2)cc1. The van der Waals surface area contributed by atoms with Gasteiger partial charge in [0.2, 0.25) is 0 Å². The van der Waals surface area contributed by atoms with Gasteiger partial charge in [-0.05, 0) is 18.2 Å². The molecule has 0 aliphatic heterocycles. The molecule has 0 amide bonds. The average molecular weight is 416 g/mol. The van der Waals surface area contributed by atoms with E-state index in [1.54, 1.807) is 0 Å². The number of pyridine rings is 2. The van der Waals surface area contributed by atoms with Gasteiger partial charge in [-0.1, -0.05) is 54.6 Å². The minimum absolute atomic E-state index is 0. The molecule has 5 aromatic rings. The highest BCUT2D eigenvalue weighted by Crippen LogP contribution is 2.30. The Bertz CT molecular complexity index is 1200. The van der Waals surface area contributed by atoms with E-state index in [-0.39, 0.29) is 17.0 Å². The number of nitrogens with zero attached hydrogens (tertiary/aromatic N) is 2. The van der Waals surface area contributed by atoms with E-state index in [9.17, 15) is 0 Å². The molecule has 0 fully saturated rings. The first kappa shape index (κ1) is 17.4. The Hall–Kier alpha value is -2.98. The van der Waals surface area contributed by atoms with Gasteiger partial charge in [-0.2, -0.15) is 4.57 Å². The van der Waals surface area contributed by atoms with E-state index in [4.69, 9.17) is 0 Å². The first-order chi connectivity index (χ1) is 12.9. The standard InChI is InChI=1S/C23H17N3.BrH/c1-2-8-17(9-3-1)16-26-15-13-19-18-10-4-5-11-20(18)25-22(19)23(26)21-12-6-7-14-24-21;/h1-15H,16H2;1H. The van der Waals surface area contributed by atoms with E-state index < -0.39 is 0 Å². The number of benzene rings is 2. The van der Waals surface area contributed by atoms with E-state index in [0.29, 0.717) is 0 Å². The van der Waals surface area contributed by atoms with E-state index >= 15 is 0 Å². The van der Waals surface area contributed by atoms with Crippen LogP contribution in [0.3, 0.4) is 0 Å². The summed E-state index contributed by atoms with van der Waals surface area (Å²) in [6, 6.07) is 27.2. The van der Waals surface area contributed by atoms with Crippen LogP contribution in [0.15, 0.2) is 91.3 Å². The predicted octanol–water partition coefficient (Wildman–Crippen LogP) is 1.72. The highest BCUT2D eigenvalue weighted by molar-refractivity contribution is 6.10. The molecule has 0 saturated heterocycles. The fourth-order valence-corrected chi connectivity index (χ4v) is 3.60. The number of para-hydroxylation sites is 1. The van der Waals surface area contributed by atoms with Gasteiger partial charge in [0.05, 0.1) is 0 Å². The quantitative estimate of drug-likeness (QED) is 0.447. The van der Waals surface area contributed by atoms with Crippen molar-refractivity contribution in [2.45, 2.75) is 6.54 Å². The summed E-state index contributed by atoms with van der Waals surface area (Å²) in [4.78, 5) is 8.24. The molecule has 1 N–H and O–H groups in total. The van der Waals surface area contributed by atoms with Gasteiger partial charge >= 0.3 is 0 Å². The second-order valence-electron chi connectivity index (χ2n) is 6.45. The summed E-state index contributed by atoms with van der Waals surface area (Å²) in [5, 5.41) is 2.47. The molecule has 4 heteroatoms. The van der Waals surface area contributed by atoms with Crippen molar-refractivity contribution >= 4 is 21.8 Å². The zero-order valence-corrected chi connectivity index (χ0v) is 16.2. The summed E-state index contributed by atoms with van der Waals surface area (Å²) in [5.74, 6) is 0. The lowest BCUT2D eigenvalue weighted by Gasteiger charge is -2.05. The van der Waals surface area contributed by atoms with Crippen LogP contribution in [0.1, 0.15) is 5.56 Å². The summed E-state index contributed by atoms with van der Waals surface area (Å²) >= 11 is 0. The van der Waals surface area contributed by atoms with Crippen LogP contribution in [0.25, 0.3) is 33.2 Å². The number of aromatic amines is 1. The van der Waals surface area contributed by atoms with Crippen molar-refractivity contribution < 1.29 is 21.5 Å². The lowest BCUT2D eigenvalue weighted by molar-refractivity contribution is -0.676. The van der Waals surface area contributed by atoms with Crippen LogP contribution >= 0.6 is 0 Å². The number of hydrogen-bond acceptors (Lipinski definition) is 1. The topological polar surface area (TPSA) is 32.6 Å². The predicted molar refractivity (Wildman–Crippen MR) is 105 cm³/mol. The molecule has 3 aromatic heterocycles. The van der Waals surface area contributed by atoms with Crippen molar-refractivity contribution in [3.8, 4) is 11.4 Å². The maximum Gasteiger partial charge on any atom is 0.255 e. The van der Waals surface area contributed by atoms with Gasteiger partial charge in [0.25, 0.3) is 5.69 Å². The third kappa shape index (κ3) is 3.13. The van der Waals surface area contributed by atoms with E-state index in [2.05, 4.69) is 87.5 Å². The van der Waals surface area contributed by atoms with Crippen molar-refractivity contribution in [2.75, 3.05) is 0 Å². The molecule has 0 aliphatic carbocycles. The second-order valence-corrected chi connectivity index (χ2v) is 6.45.